The van der Waals surface area contributed by atoms with Gasteiger partial charge in [-0.25, -0.2) is 9.98 Å². The number of furan rings is 1. The molecule has 0 aliphatic carbocycles. The van der Waals surface area contributed by atoms with E-state index in [9.17, 15) is 10.1 Å². The largest absolute Gasteiger partial charge is 0.433 e. The van der Waals surface area contributed by atoms with E-state index < -0.39 is 4.92 Å². The fraction of sp³-hybridized carbons (Fsp3) is 0.0526. The van der Waals surface area contributed by atoms with Gasteiger partial charge in [-0.15, -0.1) is 0 Å². The van der Waals surface area contributed by atoms with Crippen LogP contribution in [0.3, 0.4) is 0 Å². The van der Waals surface area contributed by atoms with Gasteiger partial charge in [-0.2, -0.15) is 0 Å². The molecular formula is C19H13ClN4O3. The quantitative estimate of drug-likeness (QED) is 0.277. The van der Waals surface area contributed by atoms with Crippen molar-refractivity contribution in [3.8, 4) is 0 Å². The molecule has 0 amide bonds. The third-order valence-corrected chi connectivity index (χ3v) is 4.39. The highest BCUT2D eigenvalue weighted by Crippen LogP contribution is 2.25. The number of hydrogen-bond donors (Lipinski definition) is 0. The highest BCUT2D eigenvalue weighted by atomic mass is 35.5. The Morgan fingerprint density at radius 1 is 1.15 bits per heavy atom. The topological polar surface area (TPSA) is 86.5 Å². The van der Waals surface area contributed by atoms with Gasteiger partial charge in [0.25, 0.3) is 0 Å². The van der Waals surface area contributed by atoms with Gasteiger partial charge >= 0.3 is 5.88 Å². The first-order chi connectivity index (χ1) is 13.1. The summed E-state index contributed by atoms with van der Waals surface area (Å²) in [5.74, 6) is 0.397. The van der Waals surface area contributed by atoms with Crippen LogP contribution in [-0.2, 0) is 6.54 Å². The Hall–Kier alpha value is -3.45. The molecular weight excluding hydrogens is 368 g/mol. The third-order valence-electron chi connectivity index (χ3n) is 4.02. The molecule has 0 N–H and O–H groups in total. The molecule has 8 heteroatoms. The first kappa shape index (κ1) is 17.0. The van der Waals surface area contributed by atoms with Gasteiger partial charge in [-0.3, -0.25) is 10.1 Å². The van der Waals surface area contributed by atoms with E-state index >= 15 is 0 Å². The Morgan fingerprint density at radius 2 is 1.93 bits per heavy atom. The summed E-state index contributed by atoms with van der Waals surface area (Å²) in [6, 6.07) is 18.0. The average Bonchev–Trinajstić information content (AvgIpc) is 3.27. The summed E-state index contributed by atoms with van der Waals surface area (Å²) in [5, 5.41) is 11.4. The van der Waals surface area contributed by atoms with Crippen molar-refractivity contribution in [1.29, 1.82) is 0 Å². The molecule has 2 aromatic carbocycles. The first-order valence-corrected chi connectivity index (χ1v) is 8.46. The van der Waals surface area contributed by atoms with Gasteiger partial charge < -0.3 is 8.98 Å². The zero-order valence-corrected chi connectivity index (χ0v) is 14.7. The molecule has 4 rings (SSSR count). The van der Waals surface area contributed by atoms with E-state index in [0.29, 0.717) is 17.5 Å². The molecule has 0 radical (unpaired) electrons. The summed E-state index contributed by atoms with van der Waals surface area (Å²) in [5.41, 5.74) is 2.64. The Bertz CT molecular complexity index is 1160. The second-order valence-corrected chi connectivity index (χ2v) is 6.18. The highest BCUT2D eigenvalue weighted by Gasteiger charge is 2.13. The molecule has 7 nitrogen and oxygen atoms in total. The Labute approximate surface area is 158 Å². The predicted molar refractivity (Wildman–Crippen MR) is 103 cm³/mol. The molecule has 2 heterocycles. The summed E-state index contributed by atoms with van der Waals surface area (Å²) in [6.07, 6.45) is 1.41. The monoisotopic (exact) mass is 380 g/mol. The van der Waals surface area contributed by atoms with Crippen molar-refractivity contribution in [3.05, 3.63) is 87.1 Å². The highest BCUT2D eigenvalue weighted by molar-refractivity contribution is 6.31. The predicted octanol–water partition coefficient (Wildman–Crippen LogP) is 4.99. The molecule has 0 unspecified atom stereocenters. The Morgan fingerprint density at radius 3 is 2.70 bits per heavy atom. The van der Waals surface area contributed by atoms with Crippen LogP contribution in [0, 0.1) is 10.1 Å². The number of nitrogens with zero attached hydrogens (tertiary/aromatic N) is 4. The summed E-state index contributed by atoms with van der Waals surface area (Å²) in [4.78, 5) is 19.1. The maximum atomic E-state index is 10.7. The van der Waals surface area contributed by atoms with Crippen LogP contribution in [0.25, 0.3) is 11.0 Å². The molecule has 0 saturated heterocycles. The molecule has 0 saturated carbocycles. The number of aliphatic imine (C=N–C) groups is 1. The minimum Gasteiger partial charge on any atom is -0.400 e. The Kier molecular flexibility index (Phi) is 4.43. The number of para-hydroxylation sites is 2. The SMILES string of the molecule is O=[N+]([O-])c1ccc(/C=N/c2nc3ccccc3n2Cc2ccccc2Cl)o1. The average molecular weight is 381 g/mol. The Balaban J connectivity index is 1.74. The molecule has 134 valence electrons. The zero-order chi connectivity index (χ0) is 18.8. The van der Waals surface area contributed by atoms with E-state index in [-0.39, 0.29) is 11.6 Å². The molecule has 0 spiro atoms. The van der Waals surface area contributed by atoms with Crippen LogP contribution in [-0.4, -0.2) is 20.7 Å². The van der Waals surface area contributed by atoms with Crippen LogP contribution >= 0.6 is 11.6 Å². The lowest BCUT2D eigenvalue weighted by molar-refractivity contribution is -0.402. The fourth-order valence-electron chi connectivity index (χ4n) is 2.75. The second-order valence-electron chi connectivity index (χ2n) is 5.77. The van der Waals surface area contributed by atoms with Crippen molar-refractivity contribution in [3.63, 3.8) is 0 Å². The maximum Gasteiger partial charge on any atom is 0.433 e. The van der Waals surface area contributed by atoms with Gasteiger partial charge in [0.05, 0.1) is 29.9 Å². The van der Waals surface area contributed by atoms with Crippen molar-refractivity contribution < 1.29 is 9.34 Å². The number of aromatic nitrogens is 2. The number of fused-ring (bicyclic) bond motifs is 1. The summed E-state index contributed by atoms with van der Waals surface area (Å²) in [7, 11) is 0. The number of nitro groups is 1. The lowest BCUT2D eigenvalue weighted by Gasteiger charge is -2.08. The lowest BCUT2D eigenvalue weighted by atomic mass is 10.2. The zero-order valence-electron chi connectivity index (χ0n) is 13.9. The first-order valence-electron chi connectivity index (χ1n) is 8.09. The molecule has 0 atom stereocenters. The molecule has 0 fully saturated rings. The molecule has 2 aromatic heterocycles. The van der Waals surface area contributed by atoms with Gasteiger partial charge in [0, 0.05) is 5.02 Å². The molecule has 4 aromatic rings. The smallest absolute Gasteiger partial charge is 0.400 e. The number of rotatable bonds is 5. The summed E-state index contributed by atoms with van der Waals surface area (Å²) >= 11 is 6.30. The van der Waals surface area contributed by atoms with Gasteiger partial charge in [0.15, 0.2) is 5.76 Å². The van der Waals surface area contributed by atoms with Gasteiger partial charge in [0.2, 0.25) is 5.95 Å². The van der Waals surface area contributed by atoms with E-state index in [1.165, 1.54) is 18.3 Å². The van der Waals surface area contributed by atoms with Crippen LogP contribution in [0.4, 0.5) is 11.8 Å². The molecule has 0 aliphatic heterocycles. The summed E-state index contributed by atoms with van der Waals surface area (Å²) in [6.45, 7) is 0.491. The van der Waals surface area contributed by atoms with Crippen molar-refractivity contribution >= 4 is 40.7 Å². The van der Waals surface area contributed by atoms with Crippen LogP contribution < -0.4 is 0 Å². The summed E-state index contributed by atoms with van der Waals surface area (Å²) < 4.78 is 7.05. The molecule has 0 bridgehead atoms. The van der Waals surface area contributed by atoms with Crippen LogP contribution in [0.5, 0.6) is 0 Å². The fourth-order valence-corrected chi connectivity index (χ4v) is 2.94. The number of hydrogen-bond acceptors (Lipinski definition) is 5. The molecule has 27 heavy (non-hydrogen) atoms. The van der Waals surface area contributed by atoms with Crippen LogP contribution in [0.2, 0.25) is 5.02 Å². The van der Waals surface area contributed by atoms with E-state index in [1.54, 1.807) is 0 Å². The van der Waals surface area contributed by atoms with E-state index in [2.05, 4.69) is 9.98 Å². The van der Waals surface area contributed by atoms with E-state index in [4.69, 9.17) is 16.0 Å². The van der Waals surface area contributed by atoms with Crippen molar-refractivity contribution in [2.75, 3.05) is 0 Å². The minimum absolute atomic E-state index is 0.276. The van der Waals surface area contributed by atoms with Crippen LogP contribution in [0.1, 0.15) is 11.3 Å². The van der Waals surface area contributed by atoms with Crippen molar-refractivity contribution in [2.45, 2.75) is 6.54 Å². The van der Waals surface area contributed by atoms with Gasteiger partial charge in [-0.05, 0) is 29.8 Å². The maximum absolute atomic E-state index is 10.7. The number of benzene rings is 2. The third kappa shape index (κ3) is 3.45. The van der Waals surface area contributed by atoms with Gasteiger partial charge in [0.1, 0.15) is 4.92 Å². The number of imidazole rings is 1. The second kappa shape index (κ2) is 7.05. The normalized spacial score (nSPS) is 11.4. The number of halogens is 1. The van der Waals surface area contributed by atoms with Gasteiger partial charge in [-0.1, -0.05) is 41.9 Å². The minimum atomic E-state index is -0.593. The van der Waals surface area contributed by atoms with Crippen molar-refractivity contribution in [1.82, 2.24) is 9.55 Å². The van der Waals surface area contributed by atoms with E-state index in [1.807, 2.05) is 53.1 Å². The molecule has 0 aliphatic rings. The lowest BCUT2D eigenvalue weighted by Crippen LogP contribution is -2.00. The van der Waals surface area contributed by atoms with Crippen molar-refractivity contribution in [2.24, 2.45) is 4.99 Å². The van der Waals surface area contributed by atoms with Crippen LogP contribution in [0.15, 0.2) is 70.1 Å². The standard InChI is InChI=1S/C19H13ClN4O3/c20-15-6-2-1-5-13(15)12-23-17-8-4-3-7-16(17)22-19(23)21-11-14-9-10-18(27-14)24(25)26/h1-11H,12H2/b21-11+. The van der Waals surface area contributed by atoms with E-state index in [0.717, 1.165) is 16.6 Å².